The van der Waals surface area contributed by atoms with Crippen molar-refractivity contribution in [2.45, 2.75) is 19.4 Å². The van der Waals surface area contributed by atoms with Gasteiger partial charge in [0, 0.05) is 18.7 Å². The number of carboxylic acids is 1. The number of amides is 2. The number of carboxylic acid groups (broad SMARTS) is 1. The number of urea groups is 1. The fourth-order valence-electron chi connectivity index (χ4n) is 2.36. The number of rotatable bonds is 3. The zero-order chi connectivity index (χ0) is 15.6. The minimum absolute atomic E-state index is 0.0531. The van der Waals surface area contributed by atoms with Gasteiger partial charge in [-0.25, -0.2) is 13.6 Å². The van der Waals surface area contributed by atoms with Crippen LogP contribution < -0.4 is 5.32 Å². The number of hydrogen-bond acceptors (Lipinski definition) is 2. The molecular formula is C14H16F2N2O3. The van der Waals surface area contributed by atoms with Gasteiger partial charge < -0.3 is 15.3 Å². The quantitative estimate of drug-likeness (QED) is 0.898. The van der Waals surface area contributed by atoms with Gasteiger partial charge in [-0.1, -0.05) is 12.1 Å². The molecule has 0 radical (unpaired) electrons. The molecule has 21 heavy (non-hydrogen) atoms. The molecule has 5 nitrogen and oxygen atoms in total. The van der Waals surface area contributed by atoms with Crippen molar-refractivity contribution in [3.63, 3.8) is 0 Å². The highest BCUT2D eigenvalue weighted by atomic mass is 19.2. The predicted octanol–water partition coefficient (Wildman–Crippen LogP) is 2.14. The molecule has 2 unspecified atom stereocenters. The number of nitrogens with one attached hydrogen (secondary N) is 1. The van der Waals surface area contributed by atoms with Crippen molar-refractivity contribution in [1.82, 2.24) is 10.2 Å². The lowest BCUT2D eigenvalue weighted by Gasteiger charge is -2.21. The van der Waals surface area contributed by atoms with Gasteiger partial charge in [0.05, 0.1) is 12.0 Å². The molecule has 1 aromatic carbocycles. The number of benzene rings is 1. The standard InChI is InChI=1S/C14H16F2N2O3/c1-8(10-3-2-4-11(15)12(10)16)17-14(21)18-6-5-9(7-18)13(19)20/h2-4,8-9H,5-7H2,1H3,(H,17,21)(H,19,20). The summed E-state index contributed by atoms with van der Waals surface area (Å²) in [4.78, 5) is 24.2. The van der Waals surface area contributed by atoms with E-state index in [2.05, 4.69) is 5.32 Å². The first-order valence-electron chi connectivity index (χ1n) is 6.62. The highest BCUT2D eigenvalue weighted by molar-refractivity contribution is 5.77. The van der Waals surface area contributed by atoms with E-state index >= 15 is 0 Å². The van der Waals surface area contributed by atoms with Crippen LogP contribution in [0.15, 0.2) is 18.2 Å². The van der Waals surface area contributed by atoms with Gasteiger partial charge in [-0.3, -0.25) is 4.79 Å². The number of likely N-dealkylation sites (tertiary alicyclic amines) is 1. The molecule has 1 aromatic rings. The van der Waals surface area contributed by atoms with Crippen LogP contribution in [-0.2, 0) is 4.79 Å². The van der Waals surface area contributed by atoms with Crippen molar-refractivity contribution in [2.24, 2.45) is 5.92 Å². The molecular weight excluding hydrogens is 282 g/mol. The maximum Gasteiger partial charge on any atom is 0.317 e. The summed E-state index contributed by atoms with van der Waals surface area (Å²) >= 11 is 0. The Kier molecular flexibility index (Phi) is 4.40. The third-order valence-corrected chi connectivity index (χ3v) is 3.61. The van der Waals surface area contributed by atoms with Crippen molar-refractivity contribution < 1.29 is 23.5 Å². The fraction of sp³-hybridized carbons (Fsp3) is 0.429. The molecule has 0 spiro atoms. The average molecular weight is 298 g/mol. The summed E-state index contributed by atoms with van der Waals surface area (Å²) in [5.74, 6) is -3.47. The third kappa shape index (κ3) is 3.29. The molecule has 1 heterocycles. The molecule has 1 aliphatic heterocycles. The zero-order valence-electron chi connectivity index (χ0n) is 11.5. The lowest BCUT2D eigenvalue weighted by Crippen LogP contribution is -2.40. The molecule has 0 bridgehead atoms. The van der Waals surface area contributed by atoms with Gasteiger partial charge in [-0.2, -0.15) is 0 Å². The summed E-state index contributed by atoms with van der Waals surface area (Å²) in [6.07, 6.45) is 0.394. The topological polar surface area (TPSA) is 69.6 Å². The number of halogens is 2. The van der Waals surface area contributed by atoms with Gasteiger partial charge in [-0.15, -0.1) is 0 Å². The van der Waals surface area contributed by atoms with E-state index < -0.39 is 35.6 Å². The number of carbonyl (C=O) groups is 2. The Morgan fingerprint density at radius 3 is 2.76 bits per heavy atom. The highest BCUT2D eigenvalue weighted by Gasteiger charge is 2.31. The second kappa shape index (κ2) is 6.07. The minimum Gasteiger partial charge on any atom is -0.481 e. The van der Waals surface area contributed by atoms with Crippen LogP contribution in [0.1, 0.15) is 24.9 Å². The smallest absolute Gasteiger partial charge is 0.317 e. The predicted molar refractivity (Wildman–Crippen MR) is 70.6 cm³/mol. The molecule has 7 heteroatoms. The number of nitrogens with zero attached hydrogens (tertiary/aromatic N) is 1. The van der Waals surface area contributed by atoms with Crippen molar-refractivity contribution in [3.8, 4) is 0 Å². The Morgan fingerprint density at radius 1 is 1.43 bits per heavy atom. The first-order valence-corrected chi connectivity index (χ1v) is 6.62. The molecule has 2 atom stereocenters. The largest absolute Gasteiger partial charge is 0.481 e. The Labute approximate surface area is 120 Å². The number of aliphatic carboxylic acids is 1. The molecule has 0 aliphatic carbocycles. The normalized spacial score (nSPS) is 19.4. The summed E-state index contributed by atoms with van der Waals surface area (Å²) in [5.41, 5.74) is 0.0531. The van der Waals surface area contributed by atoms with Crippen LogP contribution in [0.5, 0.6) is 0 Å². The zero-order valence-corrected chi connectivity index (χ0v) is 11.5. The number of hydrogen-bond donors (Lipinski definition) is 2. The maximum absolute atomic E-state index is 13.6. The molecule has 2 N–H and O–H groups in total. The van der Waals surface area contributed by atoms with Crippen LogP contribution in [-0.4, -0.2) is 35.1 Å². The molecule has 114 valence electrons. The second-order valence-corrected chi connectivity index (χ2v) is 5.08. The fourth-order valence-corrected chi connectivity index (χ4v) is 2.36. The van der Waals surface area contributed by atoms with Gasteiger partial charge in [0.25, 0.3) is 0 Å². The monoisotopic (exact) mass is 298 g/mol. The van der Waals surface area contributed by atoms with E-state index in [9.17, 15) is 18.4 Å². The van der Waals surface area contributed by atoms with E-state index in [0.717, 1.165) is 6.07 Å². The van der Waals surface area contributed by atoms with Gasteiger partial charge in [0.15, 0.2) is 11.6 Å². The Hall–Kier alpha value is -2.18. The lowest BCUT2D eigenvalue weighted by atomic mass is 10.1. The maximum atomic E-state index is 13.6. The summed E-state index contributed by atoms with van der Waals surface area (Å²) in [7, 11) is 0. The van der Waals surface area contributed by atoms with Crippen molar-refractivity contribution in [2.75, 3.05) is 13.1 Å². The Bertz CT molecular complexity index is 565. The molecule has 1 aliphatic rings. The van der Waals surface area contributed by atoms with E-state index in [1.54, 1.807) is 6.92 Å². The third-order valence-electron chi connectivity index (χ3n) is 3.61. The van der Waals surface area contributed by atoms with Crippen molar-refractivity contribution in [3.05, 3.63) is 35.4 Å². The van der Waals surface area contributed by atoms with Crippen LogP contribution in [0.25, 0.3) is 0 Å². The first kappa shape index (κ1) is 15.2. The van der Waals surface area contributed by atoms with E-state index in [0.29, 0.717) is 13.0 Å². The number of carbonyl (C=O) groups excluding carboxylic acids is 1. The highest BCUT2D eigenvalue weighted by Crippen LogP contribution is 2.21. The van der Waals surface area contributed by atoms with Crippen LogP contribution >= 0.6 is 0 Å². The van der Waals surface area contributed by atoms with Crippen LogP contribution in [0.4, 0.5) is 13.6 Å². The van der Waals surface area contributed by atoms with Gasteiger partial charge in [0.2, 0.25) is 0 Å². The SMILES string of the molecule is CC(NC(=O)N1CCC(C(=O)O)C1)c1cccc(F)c1F. The van der Waals surface area contributed by atoms with E-state index in [1.807, 2.05) is 0 Å². The van der Waals surface area contributed by atoms with Gasteiger partial charge in [0.1, 0.15) is 0 Å². The van der Waals surface area contributed by atoms with E-state index in [1.165, 1.54) is 17.0 Å². The van der Waals surface area contributed by atoms with Crippen molar-refractivity contribution >= 4 is 12.0 Å². The van der Waals surface area contributed by atoms with E-state index in [4.69, 9.17) is 5.11 Å². The summed E-state index contributed by atoms with van der Waals surface area (Å²) in [6, 6.07) is 2.58. The lowest BCUT2D eigenvalue weighted by molar-refractivity contribution is -0.141. The minimum atomic E-state index is -0.991. The summed E-state index contributed by atoms with van der Waals surface area (Å²) in [5, 5.41) is 11.4. The van der Waals surface area contributed by atoms with E-state index in [-0.39, 0.29) is 12.1 Å². The second-order valence-electron chi connectivity index (χ2n) is 5.08. The van der Waals surface area contributed by atoms with Crippen LogP contribution in [0.3, 0.4) is 0 Å². The molecule has 1 fully saturated rings. The molecule has 0 aromatic heterocycles. The van der Waals surface area contributed by atoms with Crippen LogP contribution in [0, 0.1) is 17.6 Å². The molecule has 1 saturated heterocycles. The first-order chi connectivity index (χ1) is 9.90. The Balaban J connectivity index is 2.00. The Morgan fingerprint density at radius 2 is 2.14 bits per heavy atom. The molecule has 0 saturated carbocycles. The van der Waals surface area contributed by atoms with Crippen LogP contribution in [0.2, 0.25) is 0 Å². The summed E-state index contributed by atoms with van der Waals surface area (Å²) < 4.78 is 26.8. The van der Waals surface area contributed by atoms with Crippen molar-refractivity contribution in [1.29, 1.82) is 0 Å². The van der Waals surface area contributed by atoms with Gasteiger partial charge >= 0.3 is 12.0 Å². The van der Waals surface area contributed by atoms with Gasteiger partial charge in [-0.05, 0) is 19.4 Å². The molecule has 2 amide bonds. The molecule has 2 rings (SSSR count). The summed E-state index contributed by atoms with van der Waals surface area (Å²) in [6.45, 7) is 2.00. The average Bonchev–Trinajstić information content (AvgIpc) is 2.91.